The van der Waals surface area contributed by atoms with Gasteiger partial charge in [-0.25, -0.2) is 0 Å². The molecule has 0 N–H and O–H groups in total. The fraction of sp³-hybridized carbons (Fsp3) is 0.182. The van der Waals surface area contributed by atoms with Crippen LogP contribution in [0.2, 0.25) is 0 Å². The van der Waals surface area contributed by atoms with Crippen LogP contribution >= 0.6 is 0 Å². The van der Waals surface area contributed by atoms with Crippen LogP contribution in [0.25, 0.3) is 5.76 Å². The number of rotatable bonds is 1. The number of ether oxygens (including phenoxy) is 1. The Labute approximate surface area is 76.8 Å². The van der Waals surface area contributed by atoms with E-state index in [2.05, 4.69) is 0 Å². The highest BCUT2D eigenvalue weighted by atomic mass is 16.5. The van der Waals surface area contributed by atoms with E-state index in [0.717, 1.165) is 5.56 Å². The van der Waals surface area contributed by atoms with Gasteiger partial charge in [0.05, 0.1) is 6.42 Å². The summed E-state index contributed by atoms with van der Waals surface area (Å²) >= 11 is 0. The van der Waals surface area contributed by atoms with Crippen molar-refractivity contribution >= 4 is 11.7 Å². The summed E-state index contributed by atoms with van der Waals surface area (Å²) in [5.41, 5.74) is 2.17. The fourth-order valence-electron chi connectivity index (χ4n) is 1.28. The lowest BCUT2D eigenvalue weighted by Crippen LogP contribution is -1.93. The molecule has 2 rings (SSSR count). The summed E-state index contributed by atoms with van der Waals surface area (Å²) in [5, 5.41) is 0. The monoisotopic (exact) mass is 174 g/mol. The van der Waals surface area contributed by atoms with Crippen LogP contribution in [0.15, 0.2) is 30.3 Å². The van der Waals surface area contributed by atoms with Crippen molar-refractivity contribution in [3.63, 3.8) is 0 Å². The van der Waals surface area contributed by atoms with Gasteiger partial charge in [-0.15, -0.1) is 0 Å². The van der Waals surface area contributed by atoms with Crippen molar-refractivity contribution in [2.24, 2.45) is 0 Å². The number of benzene rings is 1. The molecular formula is C11H10O2. The van der Waals surface area contributed by atoms with Gasteiger partial charge in [-0.05, 0) is 13.0 Å². The van der Waals surface area contributed by atoms with Gasteiger partial charge in [-0.3, -0.25) is 4.79 Å². The highest BCUT2D eigenvalue weighted by Gasteiger charge is 2.15. The Hall–Kier alpha value is -1.57. The number of hydrogen-bond acceptors (Lipinski definition) is 2. The van der Waals surface area contributed by atoms with Crippen molar-refractivity contribution in [3.05, 3.63) is 41.5 Å². The summed E-state index contributed by atoms with van der Waals surface area (Å²) in [7, 11) is 0. The molecule has 0 atom stereocenters. The molecular weight excluding hydrogens is 164 g/mol. The molecule has 0 spiro atoms. The molecule has 0 saturated heterocycles. The first-order chi connectivity index (χ1) is 6.25. The Kier molecular flexibility index (Phi) is 1.89. The maximum Gasteiger partial charge on any atom is 0.315 e. The standard InChI is InChI=1S/C11H10O2/c1-8-2-4-9(5-3-8)10-6-7-11(12)13-10/h2-6H,7H2,1H3. The molecule has 0 radical (unpaired) electrons. The summed E-state index contributed by atoms with van der Waals surface area (Å²) in [6.07, 6.45) is 2.20. The quantitative estimate of drug-likeness (QED) is 0.610. The summed E-state index contributed by atoms with van der Waals surface area (Å²) in [6, 6.07) is 7.92. The number of carbonyl (C=O) groups is 1. The molecule has 1 aromatic carbocycles. The van der Waals surface area contributed by atoms with Crippen LogP contribution in [-0.2, 0) is 9.53 Å². The second kappa shape index (κ2) is 3.05. The molecule has 0 aliphatic carbocycles. The topological polar surface area (TPSA) is 26.3 Å². The van der Waals surface area contributed by atoms with Crippen LogP contribution in [0.1, 0.15) is 17.5 Å². The maximum absolute atomic E-state index is 10.8. The minimum Gasteiger partial charge on any atom is -0.426 e. The van der Waals surface area contributed by atoms with E-state index in [1.165, 1.54) is 5.56 Å². The SMILES string of the molecule is Cc1ccc(C2=CCC(=O)O2)cc1. The van der Waals surface area contributed by atoms with E-state index >= 15 is 0 Å². The van der Waals surface area contributed by atoms with E-state index in [4.69, 9.17) is 4.74 Å². The first-order valence-corrected chi connectivity index (χ1v) is 4.23. The van der Waals surface area contributed by atoms with Gasteiger partial charge in [0.25, 0.3) is 0 Å². The average Bonchev–Trinajstić information content (AvgIpc) is 2.53. The van der Waals surface area contributed by atoms with E-state index < -0.39 is 0 Å². The fourth-order valence-corrected chi connectivity index (χ4v) is 1.28. The summed E-state index contributed by atoms with van der Waals surface area (Å²) < 4.78 is 5.01. The van der Waals surface area contributed by atoms with Crippen LogP contribution < -0.4 is 0 Å². The number of cyclic esters (lactones) is 1. The van der Waals surface area contributed by atoms with Gasteiger partial charge in [0, 0.05) is 5.56 Å². The molecule has 2 nitrogen and oxygen atoms in total. The van der Waals surface area contributed by atoms with E-state index in [1.807, 2.05) is 37.3 Å². The maximum atomic E-state index is 10.8. The molecule has 1 aliphatic rings. The van der Waals surface area contributed by atoms with Gasteiger partial charge < -0.3 is 4.74 Å². The van der Waals surface area contributed by atoms with E-state index in [-0.39, 0.29) is 5.97 Å². The molecule has 0 bridgehead atoms. The molecule has 0 fully saturated rings. The molecule has 0 saturated carbocycles. The van der Waals surface area contributed by atoms with Gasteiger partial charge in [-0.2, -0.15) is 0 Å². The summed E-state index contributed by atoms with van der Waals surface area (Å²) in [4.78, 5) is 10.8. The molecule has 0 unspecified atom stereocenters. The first kappa shape index (κ1) is 8.05. The van der Waals surface area contributed by atoms with Crippen LogP contribution in [0.3, 0.4) is 0 Å². The number of hydrogen-bond donors (Lipinski definition) is 0. The smallest absolute Gasteiger partial charge is 0.315 e. The third-order valence-corrected chi connectivity index (χ3v) is 2.01. The summed E-state index contributed by atoms with van der Waals surface area (Å²) in [6.45, 7) is 2.03. The van der Waals surface area contributed by atoms with Gasteiger partial charge in [0.1, 0.15) is 5.76 Å². The van der Waals surface area contributed by atoms with E-state index in [1.54, 1.807) is 0 Å². The van der Waals surface area contributed by atoms with Crippen molar-refractivity contribution in [1.29, 1.82) is 0 Å². The third kappa shape index (κ3) is 1.61. The molecule has 13 heavy (non-hydrogen) atoms. The lowest BCUT2D eigenvalue weighted by atomic mass is 10.1. The minimum absolute atomic E-state index is 0.171. The normalized spacial score (nSPS) is 15.5. The van der Waals surface area contributed by atoms with Crippen LogP contribution in [-0.4, -0.2) is 5.97 Å². The highest BCUT2D eigenvalue weighted by Crippen LogP contribution is 2.22. The predicted octanol–water partition coefficient (Wildman–Crippen LogP) is 2.28. The van der Waals surface area contributed by atoms with Crippen molar-refractivity contribution in [1.82, 2.24) is 0 Å². The zero-order valence-electron chi connectivity index (χ0n) is 7.41. The molecule has 1 aromatic rings. The van der Waals surface area contributed by atoms with Crippen LogP contribution in [0.5, 0.6) is 0 Å². The zero-order chi connectivity index (χ0) is 9.26. The van der Waals surface area contributed by atoms with Crippen molar-refractivity contribution in [2.45, 2.75) is 13.3 Å². The lowest BCUT2D eigenvalue weighted by molar-refractivity contribution is -0.134. The molecule has 0 aromatic heterocycles. The Morgan fingerprint density at radius 3 is 2.46 bits per heavy atom. The third-order valence-electron chi connectivity index (χ3n) is 2.01. The van der Waals surface area contributed by atoms with Gasteiger partial charge in [-0.1, -0.05) is 29.8 Å². The van der Waals surface area contributed by atoms with Gasteiger partial charge in [0.15, 0.2) is 0 Å². The molecule has 0 amide bonds. The van der Waals surface area contributed by atoms with Crippen molar-refractivity contribution < 1.29 is 9.53 Å². The Morgan fingerprint density at radius 2 is 1.92 bits per heavy atom. The van der Waals surface area contributed by atoms with E-state index in [0.29, 0.717) is 12.2 Å². The Balaban J connectivity index is 2.27. The zero-order valence-corrected chi connectivity index (χ0v) is 7.41. The number of esters is 1. The van der Waals surface area contributed by atoms with Crippen LogP contribution in [0, 0.1) is 6.92 Å². The molecule has 1 heterocycles. The van der Waals surface area contributed by atoms with Crippen molar-refractivity contribution in [3.8, 4) is 0 Å². The average molecular weight is 174 g/mol. The number of aryl methyl sites for hydroxylation is 1. The Morgan fingerprint density at radius 1 is 1.23 bits per heavy atom. The van der Waals surface area contributed by atoms with Gasteiger partial charge in [0.2, 0.25) is 0 Å². The molecule has 66 valence electrons. The van der Waals surface area contributed by atoms with Crippen LogP contribution in [0.4, 0.5) is 0 Å². The number of carbonyl (C=O) groups excluding carboxylic acids is 1. The lowest BCUT2D eigenvalue weighted by Gasteiger charge is -2.01. The molecule has 1 aliphatic heterocycles. The molecule has 2 heteroatoms. The second-order valence-corrected chi connectivity index (χ2v) is 3.11. The highest BCUT2D eigenvalue weighted by molar-refractivity contribution is 5.85. The Bertz CT molecular complexity index is 360. The van der Waals surface area contributed by atoms with Crippen molar-refractivity contribution in [2.75, 3.05) is 0 Å². The van der Waals surface area contributed by atoms with E-state index in [9.17, 15) is 4.79 Å². The van der Waals surface area contributed by atoms with Gasteiger partial charge >= 0.3 is 5.97 Å². The summed E-state index contributed by atoms with van der Waals surface area (Å²) in [5.74, 6) is 0.514. The first-order valence-electron chi connectivity index (χ1n) is 4.23. The minimum atomic E-state index is -0.171. The second-order valence-electron chi connectivity index (χ2n) is 3.11. The predicted molar refractivity (Wildman–Crippen MR) is 49.9 cm³/mol. The largest absolute Gasteiger partial charge is 0.426 e.